The second-order valence-corrected chi connectivity index (χ2v) is 9.29. The summed E-state index contributed by atoms with van der Waals surface area (Å²) in [5.41, 5.74) is 3.11. The molecule has 0 aliphatic carbocycles. The lowest BCUT2D eigenvalue weighted by Crippen LogP contribution is -2.40. The third kappa shape index (κ3) is 5.46. The van der Waals surface area contributed by atoms with Gasteiger partial charge in [0.15, 0.2) is 18.1 Å². The van der Waals surface area contributed by atoms with Gasteiger partial charge >= 0.3 is 0 Å². The van der Waals surface area contributed by atoms with Gasteiger partial charge in [0, 0.05) is 19.5 Å². The van der Waals surface area contributed by atoms with Crippen LogP contribution in [0.1, 0.15) is 55.8 Å². The highest BCUT2D eigenvalue weighted by atomic mass is 16.5. The van der Waals surface area contributed by atoms with Crippen molar-refractivity contribution in [2.24, 2.45) is 5.92 Å². The lowest BCUT2D eigenvalue weighted by molar-refractivity contribution is -0.133. The van der Waals surface area contributed by atoms with Crippen molar-refractivity contribution in [3.8, 4) is 17.2 Å². The number of ether oxygens (including phenoxy) is 3. The second kappa shape index (κ2) is 10.8. The quantitative estimate of drug-likeness (QED) is 0.740. The Hall–Kier alpha value is -3.22. The molecule has 5 rings (SSSR count). The molecule has 6 bridgehead atoms. The van der Waals surface area contributed by atoms with Crippen LogP contribution in [0.2, 0.25) is 0 Å². The van der Waals surface area contributed by atoms with Crippen LogP contribution < -0.4 is 19.5 Å². The van der Waals surface area contributed by atoms with Crippen LogP contribution in [0, 0.1) is 5.92 Å². The Labute approximate surface area is 201 Å². The van der Waals surface area contributed by atoms with Crippen LogP contribution in [-0.2, 0) is 16.0 Å². The van der Waals surface area contributed by atoms with Gasteiger partial charge in [0.05, 0.1) is 19.8 Å². The number of rotatable bonds is 4. The summed E-state index contributed by atoms with van der Waals surface area (Å²) in [5, 5.41) is 2.86. The summed E-state index contributed by atoms with van der Waals surface area (Å²) >= 11 is 0. The molecule has 1 atom stereocenters. The first-order chi connectivity index (χ1) is 16.5. The second-order valence-electron chi connectivity index (χ2n) is 9.29. The molecule has 3 aliphatic heterocycles. The van der Waals surface area contributed by atoms with Crippen LogP contribution in [0.15, 0.2) is 36.4 Å². The Morgan fingerprint density at radius 3 is 2.88 bits per heavy atom. The number of nitrogens with one attached hydrogen (secondary N) is 1. The van der Waals surface area contributed by atoms with Crippen LogP contribution in [0.3, 0.4) is 0 Å². The molecule has 7 nitrogen and oxygen atoms in total. The van der Waals surface area contributed by atoms with Crippen molar-refractivity contribution in [2.75, 3.05) is 33.4 Å². The van der Waals surface area contributed by atoms with Crippen LogP contribution in [-0.4, -0.2) is 50.1 Å². The zero-order valence-electron chi connectivity index (χ0n) is 20.3. The van der Waals surface area contributed by atoms with Gasteiger partial charge in [0.1, 0.15) is 5.75 Å². The molecule has 0 radical (unpaired) electrons. The Morgan fingerprint density at radius 2 is 2.09 bits per heavy atom. The van der Waals surface area contributed by atoms with E-state index in [1.54, 1.807) is 7.11 Å². The third-order valence-corrected chi connectivity index (χ3v) is 6.35. The Balaban J connectivity index is 1.79. The maximum Gasteiger partial charge on any atom is 0.257 e. The Bertz CT molecular complexity index is 1040. The van der Waals surface area contributed by atoms with E-state index >= 15 is 0 Å². The maximum absolute atomic E-state index is 13.4. The summed E-state index contributed by atoms with van der Waals surface area (Å²) in [4.78, 5) is 27.5. The number of hydrogen-bond donors (Lipinski definition) is 1. The van der Waals surface area contributed by atoms with Gasteiger partial charge in [0.25, 0.3) is 5.91 Å². The van der Waals surface area contributed by atoms with Gasteiger partial charge in [-0.05, 0) is 66.1 Å². The minimum Gasteiger partial charge on any atom is -0.494 e. The minimum atomic E-state index is -0.244. The summed E-state index contributed by atoms with van der Waals surface area (Å²) in [6.07, 6.45) is 2.77. The summed E-state index contributed by atoms with van der Waals surface area (Å²) in [5.74, 6) is 2.28. The molecule has 0 spiro atoms. The predicted molar refractivity (Wildman–Crippen MR) is 129 cm³/mol. The van der Waals surface area contributed by atoms with E-state index in [2.05, 4.69) is 25.2 Å². The molecule has 0 aromatic heterocycles. The standard InChI is InChI=1S/C27H34N2O5/c1-18(2)8-9-26(31)29-12-10-19-15-24-23(32-3)16-22(19)27(29)20-6-4-7-21(14-20)33-13-5-11-28-25(30)17-34-24/h4,6-7,14-16,18,27H,5,8-13,17H2,1-3H3,(H,28,30). The average molecular weight is 467 g/mol. The van der Waals surface area contributed by atoms with Gasteiger partial charge < -0.3 is 24.4 Å². The van der Waals surface area contributed by atoms with Crippen LogP contribution in [0.5, 0.6) is 17.2 Å². The topological polar surface area (TPSA) is 77.1 Å². The van der Waals surface area contributed by atoms with E-state index in [1.807, 2.05) is 35.2 Å². The fourth-order valence-corrected chi connectivity index (χ4v) is 4.54. The van der Waals surface area contributed by atoms with Crippen molar-refractivity contribution < 1.29 is 23.8 Å². The van der Waals surface area contributed by atoms with Crippen molar-refractivity contribution in [3.63, 3.8) is 0 Å². The summed E-state index contributed by atoms with van der Waals surface area (Å²) in [6.45, 7) is 5.80. The molecule has 2 aromatic rings. The molecule has 0 fully saturated rings. The van der Waals surface area contributed by atoms with Gasteiger partial charge in [-0.2, -0.15) is 0 Å². The molecular weight excluding hydrogens is 432 g/mol. The monoisotopic (exact) mass is 466 g/mol. The summed E-state index contributed by atoms with van der Waals surface area (Å²) in [6, 6.07) is 11.6. The van der Waals surface area contributed by atoms with Crippen LogP contribution >= 0.6 is 0 Å². The largest absolute Gasteiger partial charge is 0.494 e. The van der Waals surface area contributed by atoms with Gasteiger partial charge in [-0.15, -0.1) is 0 Å². The first-order valence-corrected chi connectivity index (χ1v) is 12.1. The number of hydrogen-bond acceptors (Lipinski definition) is 5. The third-order valence-electron chi connectivity index (χ3n) is 6.35. The molecule has 7 heteroatoms. The Morgan fingerprint density at radius 1 is 1.24 bits per heavy atom. The van der Waals surface area contributed by atoms with Crippen molar-refractivity contribution >= 4 is 11.8 Å². The Kier molecular flexibility index (Phi) is 7.60. The lowest BCUT2D eigenvalue weighted by Gasteiger charge is -2.38. The normalized spacial score (nSPS) is 18.2. The van der Waals surface area contributed by atoms with E-state index < -0.39 is 0 Å². The highest BCUT2D eigenvalue weighted by Gasteiger charge is 2.33. The predicted octanol–water partition coefficient (Wildman–Crippen LogP) is 3.88. The van der Waals surface area contributed by atoms with Crippen LogP contribution in [0.25, 0.3) is 0 Å². The number of carbonyl (C=O) groups excluding carboxylic acids is 2. The first kappa shape index (κ1) is 23.9. The molecule has 2 amide bonds. The number of methoxy groups -OCH3 is 1. The summed E-state index contributed by atoms with van der Waals surface area (Å²) in [7, 11) is 1.59. The van der Waals surface area contributed by atoms with E-state index in [0.717, 1.165) is 28.9 Å². The molecule has 3 aliphatic rings. The smallest absolute Gasteiger partial charge is 0.257 e. The van der Waals surface area contributed by atoms with E-state index in [0.29, 0.717) is 56.4 Å². The molecule has 0 saturated heterocycles. The molecule has 2 aromatic carbocycles. The molecule has 1 unspecified atom stereocenters. The highest BCUT2D eigenvalue weighted by Crippen LogP contribution is 2.42. The van der Waals surface area contributed by atoms with Gasteiger partial charge in [-0.3, -0.25) is 9.59 Å². The van der Waals surface area contributed by atoms with E-state index in [1.165, 1.54) is 0 Å². The van der Waals surface area contributed by atoms with Crippen molar-refractivity contribution in [3.05, 3.63) is 53.1 Å². The molecular formula is C27H34N2O5. The number of benzene rings is 2. The van der Waals surface area contributed by atoms with Crippen molar-refractivity contribution in [2.45, 2.75) is 45.6 Å². The van der Waals surface area contributed by atoms with E-state index in [-0.39, 0.29) is 24.5 Å². The lowest BCUT2D eigenvalue weighted by atomic mass is 9.87. The van der Waals surface area contributed by atoms with Crippen molar-refractivity contribution in [1.82, 2.24) is 10.2 Å². The van der Waals surface area contributed by atoms with Crippen LogP contribution in [0.4, 0.5) is 0 Å². The fraction of sp³-hybridized carbons (Fsp3) is 0.481. The number of nitrogens with zero attached hydrogens (tertiary/aromatic N) is 1. The SMILES string of the molecule is COc1cc2c3cc1OCC(=O)NCCCOc1cccc(c1)C2N(C(=O)CCC(C)C)CC3. The number of carbonyl (C=O) groups is 2. The van der Waals surface area contributed by atoms with Crippen molar-refractivity contribution in [1.29, 1.82) is 0 Å². The average Bonchev–Trinajstić information content (AvgIpc) is 2.84. The van der Waals surface area contributed by atoms with E-state index in [9.17, 15) is 9.59 Å². The van der Waals surface area contributed by atoms with Gasteiger partial charge in [-0.25, -0.2) is 0 Å². The maximum atomic E-state index is 13.4. The zero-order valence-corrected chi connectivity index (χ0v) is 20.3. The molecule has 182 valence electrons. The summed E-state index contributed by atoms with van der Waals surface area (Å²) < 4.78 is 17.4. The minimum absolute atomic E-state index is 0.0850. The van der Waals surface area contributed by atoms with E-state index in [4.69, 9.17) is 14.2 Å². The number of amides is 2. The van der Waals surface area contributed by atoms with Gasteiger partial charge in [-0.1, -0.05) is 26.0 Å². The zero-order chi connectivity index (χ0) is 24.1. The van der Waals surface area contributed by atoms with Gasteiger partial charge in [0.2, 0.25) is 5.91 Å². The molecule has 34 heavy (non-hydrogen) atoms. The molecule has 0 saturated carbocycles. The molecule has 1 N–H and O–H groups in total. The molecule has 3 heterocycles. The first-order valence-electron chi connectivity index (χ1n) is 12.1. The highest BCUT2D eigenvalue weighted by molar-refractivity contribution is 5.78. The number of fused-ring (bicyclic) bond motifs is 8. The fourth-order valence-electron chi connectivity index (χ4n) is 4.54.